The van der Waals surface area contributed by atoms with Crippen LogP contribution in [0, 0.1) is 0 Å². The summed E-state index contributed by atoms with van der Waals surface area (Å²) in [6.45, 7) is 6.90. The molecule has 0 N–H and O–H groups in total. The molecule has 1 amide bonds. The number of carbonyl (C=O) groups is 2. The normalized spacial score (nSPS) is 17.1. The lowest BCUT2D eigenvalue weighted by atomic mass is 9.99. The fourth-order valence-electron chi connectivity index (χ4n) is 3.81. The Morgan fingerprint density at radius 1 is 1.15 bits per heavy atom. The highest BCUT2D eigenvalue weighted by molar-refractivity contribution is 6.07. The molecular weight excluding hydrogens is 338 g/mol. The predicted octanol–water partition coefficient (Wildman–Crippen LogP) is 3.41. The van der Waals surface area contributed by atoms with Crippen molar-refractivity contribution in [3.8, 4) is 0 Å². The van der Waals surface area contributed by atoms with Crippen LogP contribution >= 0.6 is 0 Å². The molecule has 5 heteroatoms. The van der Waals surface area contributed by atoms with Crippen molar-refractivity contribution in [1.82, 2.24) is 14.8 Å². The van der Waals surface area contributed by atoms with Crippen molar-refractivity contribution < 1.29 is 9.59 Å². The van der Waals surface area contributed by atoms with E-state index in [0.717, 1.165) is 32.5 Å². The van der Waals surface area contributed by atoms with Gasteiger partial charge in [0, 0.05) is 43.6 Å². The second kappa shape index (κ2) is 8.91. The first-order chi connectivity index (χ1) is 13.1. The van der Waals surface area contributed by atoms with Gasteiger partial charge in [-0.05, 0) is 50.1 Å². The Hall–Kier alpha value is -2.53. The van der Waals surface area contributed by atoms with Crippen LogP contribution in [-0.2, 0) is 6.54 Å². The quantitative estimate of drug-likeness (QED) is 0.736. The molecule has 0 radical (unpaired) electrons. The number of benzene rings is 1. The summed E-state index contributed by atoms with van der Waals surface area (Å²) in [4.78, 5) is 33.4. The lowest BCUT2D eigenvalue weighted by Crippen LogP contribution is -2.49. The fraction of sp³-hybridized carbons (Fsp3) is 0.409. The molecule has 0 bridgehead atoms. The molecule has 1 atom stereocenters. The van der Waals surface area contributed by atoms with Gasteiger partial charge in [0.05, 0.1) is 5.56 Å². The molecule has 1 aromatic heterocycles. The summed E-state index contributed by atoms with van der Waals surface area (Å²) in [5, 5.41) is 0. The molecule has 2 heterocycles. The average molecular weight is 365 g/mol. The van der Waals surface area contributed by atoms with Crippen LogP contribution < -0.4 is 0 Å². The van der Waals surface area contributed by atoms with Gasteiger partial charge in [0.15, 0.2) is 5.78 Å². The van der Waals surface area contributed by atoms with Crippen LogP contribution in [0.4, 0.5) is 0 Å². The molecule has 1 aliphatic heterocycles. The van der Waals surface area contributed by atoms with Crippen molar-refractivity contribution in [2.75, 3.05) is 19.6 Å². The Morgan fingerprint density at radius 3 is 2.52 bits per heavy atom. The van der Waals surface area contributed by atoms with Gasteiger partial charge in [-0.3, -0.25) is 19.5 Å². The summed E-state index contributed by atoms with van der Waals surface area (Å²) in [7, 11) is 0. The SMILES string of the molecule is CCN(Cc1ccncc1)[C@@H]1CCCN(C(=O)c2ccccc2C(C)=O)C1. The fourth-order valence-corrected chi connectivity index (χ4v) is 3.81. The van der Waals surface area contributed by atoms with Crippen LogP contribution in [0.1, 0.15) is 53.0 Å². The van der Waals surface area contributed by atoms with Gasteiger partial charge in [0.25, 0.3) is 5.91 Å². The minimum absolute atomic E-state index is 0.0366. The first-order valence-electron chi connectivity index (χ1n) is 9.62. The topological polar surface area (TPSA) is 53.5 Å². The summed E-state index contributed by atoms with van der Waals surface area (Å²) in [6, 6.07) is 11.5. The number of rotatable bonds is 6. The molecule has 5 nitrogen and oxygen atoms in total. The van der Waals surface area contributed by atoms with E-state index >= 15 is 0 Å². The van der Waals surface area contributed by atoms with Crippen LogP contribution in [0.5, 0.6) is 0 Å². The van der Waals surface area contributed by atoms with Gasteiger partial charge in [-0.15, -0.1) is 0 Å². The zero-order chi connectivity index (χ0) is 19.2. The van der Waals surface area contributed by atoms with Crippen molar-refractivity contribution in [2.45, 2.75) is 39.3 Å². The van der Waals surface area contributed by atoms with Crippen LogP contribution in [0.15, 0.2) is 48.8 Å². The number of piperidine rings is 1. The van der Waals surface area contributed by atoms with Crippen LogP contribution in [0.25, 0.3) is 0 Å². The Balaban J connectivity index is 1.73. The van der Waals surface area contributed by atoms with Gasteiger partial charge in [0.1, 0.15) is 0 Å². The van der Waals surface area contributed by atoms with Gasteiger partial charge < -0.3 is 4.90 Å². The zero-order valence-electron chi connectivity index (χ0n) is 16.1. The van der Waals surface area contributed by atoms with Crippen molar-refractivity contribution in [1.29, 1.82) is 0 Å². The molecule has 1 fully saturated rings. The van der Waals surface area contributed by atoms with E-state index in [1.807, 2.05) is 35.5 Å². The minimum Gasteiger partial charge on any atom is -0.337 e. The van der Waals surface area contributed by atoms with Gasteiger partial charge in [-0.1, -0.05) is 25.1 Å². The average Bonchev–Trinajstić information content (AvgIpc) is 2.72. The van der Waals surface area contributed by atoms with Crippen molar-refractivity contribution in [2.24, 2.45) is 0 Å². The summed E-state index contributed by atoms with van der Waals surface area (Å²) >= 11 is 0. The van der Waals surface area contributed by atoms with Crippen LogP contribution in [0.2, 0.25) is 0 Å². The van der Waals surface area contributed by atoms with E-state index in [9.17, 15) is 9.59 Å². The highest BCUT2D eigenvalue weighted by Gasteiger charge is 2.29. The molecule has 142 valence electrons. The van der Waals surface area contributed by atoms with Crippen molar-refractivity contribution in [3.05, 3.63) is 65.5 Å². The molecule has 2 aromatic rings. The highest BCUT2D eigenvalue weighted by atomic mass is 16.2. The number of pyridine rings is 1. The molecule has 0 saturated carbocycles. The molecule has 0 spiro atoms. The number of likely N-dealkylation sites (tertiary alicyclic amines) is 1. The number of nitrogens with zero attached hydrogens (tertiary/aromatic N) is 3. The third-order valence-electron chi connectivity index (χ3n) is 5.28. The Morgan fingerprint density at radius 2 is 1.85 bits per heavy atom. The monoisotopic (exact) mass is 365 g/mol. The van der Waals surface area contributed by atoms with E-state index in [-0.39, 0.29) is 11.7 Å². The van der Waals surface area contributed by atoms with E-state index in [0.29, 0.717) is 23.7 Å². The second-order valence-corrected chi connectivity index (χ2v) is 7.07. The summed E-state index contributed by atoms with van der Waals surface area (Å²) in [5.41, 5.74) is 2.26. The number of aromatic nitrogens is 1. The van der Waals surface area contributed by atoms with Crippen molar-refractivity contribution >= 4 is 11.7 Å². The molecule has 1 aliphatic rings. The first kappa shape index (κ1) is 19.2. The van der Waals surface area contributed by atoms with E-state index in [4.69, 9.17) is 0 Å². The summed E-state index contributed by atoms with van der Waals surface area (Å²) < 4.78 is 0. The first-order valence-corrected chi connectivity index (χ1v) is 9.62. The van der Waals surface area contributed by atoms with Crippen LogP contribution in [0.3, 0.4) is 0 Å². The minimum atomic E-state index is -0.0691. The van der Waals surface area contributed by atoms with Crippen LogP contribution in [-0.4, -0.2) is 52.2 Å². The Kier molecular flexibility index (Phi) is 6.35. The molecule has 1 saturated heterocycles. The zero-order valence-corrected chi connectivity index (χ0v) is 16.1. The number of ketones is 1. The molecule has 0 aliphatic carbocycles. The number of hydrogen-bond donors (Lipinski definition) is 0. The van der Waals surface area contributed by atoms with E-state index in [1.54, 1.807) is 18.2 Å². The molecule has 27 heavy (non-hydrogen) atoms. The number of Topliss-reactive ketones (excluding diaryl/α,β-unsaturated/α-hetero) is 1. The maximum atomic E-state index is 13.1. The maximum Gasteiger partial charge on any atom is 0.254 e. The van der Waals surface area contributed by atoms with Gasteiger partial charge in [0.2, 0.25) is 0 Å². The second-order valence-electron chi connectivity index (χ2n) is 7.07. The number of carbonyl (C=O) groups excluding carboxylic acids is 2. The number of hydrogen-bond acceptors (Lipinski definition) is 4. The lowest BCUT2D eigenvalue weighted by Gasteiger charge is -2.39. The number of amides is 1. The van der Waals surface area contributed by atoms with Crippen molar-refractivity contribution in [3.63, 3.8) is 0 Å². The lowest BCUT2D eigenvalue weighted by molar-refractivity contribution is 0.0567. The maximum absolute atomic E-state index is 13.1. The molecular formula is C22H27N3O2. The Bertz CT molecular complexity index is 791. The van der Waals surface area contributed by atoms with E-state index in [2.05, 4.69) is 16.8 Å². The third-order valence-corrected chi connectivity index (χ3v) is 5.28. The Labute approximate surface area is 161 Å². The van der Waals surface area contributed by atoms with Gasteiger partial charge in [-0.25, -0.2) is 0 Å². The van der Waals surface area contributed by atoms with Gasteiger partial charge >= 0.3 is 0 Å². The van der Waals surface area contributed by atoms with E-state index < -0.39 is 0 Å². The predicted molar refractivity (Wildman–Crippen MR) is 106 cm³/mol. The molecule has 0 unspecified atom stereocenters. The largest absolute Gasteiger partial charge is 0.337 e. The third kappa shape index (κ3) is 4.61. The van der Waals surface area contributed by atoms with E-state index in [1.165, 1.54) is 12.5 Å². The standard InChI is InChI=1S/C22H27N3O2/c1-3-24(15-18-10-12-23-13-11-18)19-7-6-14-25(16-19)22(27)21-9-5-4-8-20(21)17(2)26/h4-5,8-13,19H,3,6-7,14-16H2,1-2H3/t19-/m1/s1. The summed E-state index contributed by atoms with van der Waals surface area (Å²) in [5.74, 6) is -0.106. The highest BCUT2D eigenvalue weighted by Crippen LogP contribution is 2.21. The smallest absolute Gasteiger partial charge is 0.254 e. The summed E-state index contributed by atoms with van der Waals surface area (Å²) in [6.07, 6.45) is 5.69. The molecule has 3 rings (SSSR count). The molecule has 1 aromatic carbocycles. The number of likely N-dealkylation sites (N-methyl/N-ethyl adjacent to an activating group) is 1. The van der Waals surface area contributed by atoms with Gasteiger partial charge in [-0.2, -0.15) is 0 Å².